The van der Waals surface area contributed by atoms with Gasteiger partial charge in [0.1, 0.15) is 10.3 Å². The summed E-state index contributed by atoms with van der Waals surface area (Å²) < 4.78 is 4.88. The molecule has 1 rings (SSSR count). The molecule has 0 aliphatic carbocycles. The van der Waals surface area contributed by atoms with Crippen molar-refractivity contribution in [2.75, 3.05) is 26.5 Å². The normalized spacial score (nSPS) is 19.8. The molecule has 0 N–H and O–H groups in total. The zero-order valence-electron chi connectivity index (χ0n) is 10.9. The van der Waals surface area contributed by atoms with Gasteiger partial charge in [0.25, 0.3) is 5.91 Å². The molecular weight excluding hydrogens is 236 g/mol. The number of ether oxygens (including phenoxy) is 1. The van der Waals surface area contributed by atoms with Gasteiger partial charge in [-0.3, -0.25) is 4.79 Å². The van der Waals surface area contributed by atoms with Crippen molar-refractivity contribution in [3.8, 4) is 6.07 Å². The van der Waals surface area contributed by atoms with Gasteiger partial charge >= 0.3 is 0 Å². The Morgan fingerprint density at radius 3 is 2.35 bits per heavy atom. The van der Waals surface area contributed by atoms with Crippen LogP contribution >= 0.6 is 11.8 Å². The van der Waals surface area contributed by atoms with E-state index in [0.29, 0.717) is 13.1 Å². The molecule has 0 atom stereocenters. The van der Waals surface area contributed by atoms with Crippen LogP contribution < -0.4 is 0 Å². The van der Waals surface area contributed by atoms with E-state index >= 15 is 0 Å². The molecule has 1 aliphatic heterocycles. The third-order valence-electron chi connectivity index (χ3n) is 3.48. The zero-order valence-corrected chi connectivity index (χ0v) is 11.8. The minimum absolute atomic E-state index is 0.00708. The fourth-order valence-corrected chi connectivity index (χ4v) is 2.58. The van der Waals surface area contributed by atoms with Crippen LogP contribution in [0.5, 0.6) is 0 Å². The molecule has 17 heavy (non-hydrogen) atoms. The summed E-state index contributed by atoms with van der Waals surface area (Å²) in [5.41, 5.74) is -0.772. The van der Waals surface area contributed by atoms with E-state index in [9.17, 15) is 10.1 Å². The lowest BCUT2D eigenvalue weighted by Gasteiger charge is -2.39. The summed E-state index contributed by atoms with van der Waals surface area (Å²) >= 11 is 1.59. The fourth-order valence-electron chi connectivity index (χ4n) is 1.90. The summed E-state index contributed by atoms with van der Waals surface area (Å²) in [6, 6.07) is 2.37. The highest BCUT2D eigenvalue weighted by Gasteiger charge is 2.39. The Morgan fingerprint density at radius 2 is 2.00 bits per heavy atom. The molecule has 1 fully saturated rings. The summed E-state index contributed by atoms with van der Waals surface area (Å²) in [6.07, 6.45) is 3.42. The van der Waals surface area contributed by atoms with Crippen molar-refractivity contribution in [3.05, 3.63) is 0 Å². The van der Waals surface area contributed by atoms with Crippen LogP contribution in [0.3, 0.4) is 0 Å². The summed E-state index contributed by atoms with van der Waals surface area (Å²) in [4.78, 5) is 14.0. The molecule has 1 heterocycles. The molecule has 0 bridgehead atoms. The summed E-state index contributed by atoms with van der Waals surface area (Å²) in [5, 5.41) is 9.17. The van der Waals surface area contributed by atoms with Gasteiger partial charge in [0, 0.05) is 20.2 Å². The van der Waals surface area contributed by atoms with Crippen molar-refractivity contribution < 1.29 is 9.53 Å². The second kappa shape index (κ2) is 5.28. The maximum absolute atomic E-state index is 12.1. The van der Waals surface area contributed by atoms with Gasteiger partial charge in [-0.25, -0.2) is 0 Å². The number of amides is 1. The lowest BCUT2D eigenvalue weighted by atomic mass is 9.95. The summed E-state index contributed by atoms with van der Waals surface area (Å²) in [7, 11) is 1.54. The van der Waals surface area contributed by atoms with Gasteiger partial charge in [0.05, 0.1) is 6.07 Å². The topological polar surface area (TPSA) is 53.3 Å². The van der Waals surface area contributed by atoms with Crippen molar-refractivity contribution in [3.63, 3.8) is 0 Å². The summed E-state index contributed by atoms with van der Waals surface area (Å²) in [6.45, 7) is 4.83. The van der Waals surface area contributed by atoms with E-state index in [2.05, 4.69) is 6.07 Å². The van der Waals surface area contributed by atoms with Crippen molar-refractivity contribution >= 4 is 17.7 Å². The molecule has 0 aromatic carbocycles. The number of nitrogens with zero attached hydrogens (tertiary/aromatic N) is 2. The number of likely N-dealkylation sites (tertiary alicyclic amines) is 1. The van der Waals surface area contributed by atoms with Crippen LogP contribution in [0.4, 0.5) is 0 Å². The minimum atomic E-state index is -0.772. The molecule has 0 saturated carbocycles. The molecule has 0 unspecified atom stereocenters. The number of carbonyl (C=O) groups is 1. The SMILES string of the molecule is COC(C)(C)C(=O)N1CCC(C#N)(SC)CC1. The van der Waals surface area contributed by atoms with E-state index in [-0.39, 0.29) is 10.7 Å². The first-order chi connectivity index (χ1) is 7.90. The number of rotatable bonds is 3. The molecule has 1 aliphatic rings. The third-order valence-corrected chi connectivity index (χ3v) is 4.76. The Labute approximate surface area is 107 Å². The lowest BCUT2D eigenvalue weighted by Crippen LogP contribution is -2.51. The quantitative estimate of drug-likeness (QED) is 0.770. The Bertz CT molecular complexity index is 328. The highest BCUT2D eigenvalue weighted by molar-refractivity contribution is 8.00. The predicted molar refractivity (Wildman–Crippen MR) is 68.8 cm³/mol. The molecule has 0 aromatic rings. The highest BCUT2D eigenvalue weighted by Crippen LogP contribution is 2.34. The van der Waals surface area contributed by atoms with Crippen LogP contribution in [0.1, 0.15) is 26.7 Å². The molecule has 1 amide bonds. The third kappa shape index (κ3) is 2.93. The summed E-state index contributed by atoms with van der Waals surface area (Å²) in [5.74, 6) is 0.00708. The molecule has 96 valence electrons. The Kier molecular flexibility index (Phi) is 4.45. The van der Waals surface area contributed by atoms with Crippen molar-refractivity contribution in [1.82, 2.24) is 4.90 Å². The van der Waals surface area contributed by atoms with E-state index in [1.807, 2.05) is 6.26 Å². The number of nitriles is 1. The number of carbonyl (C=O) groups excluding carboxylic acids is 1. The van der Waals surface area contributed by atoms with Gasteiger partial charge in [-0.05, 0) is 32.9 Å². The molecule has 4 nitrogen and oxygen atoms in total. The molecule has 1 saturated heterocycles. The maximum Gasteiger partial charge on any atom is 0.254 e. The number of piperidine rings is 1. The van der Waals surface area contributed by atoms with E-state index in [1.165, 1.54) is 0 Å². The van der Waals surface area contributed by atoms with Gasteiger partial charge in [-0.1, -0.05) is 0 Å². The van der Waals surface area contributed by atoms with Gasteiger partial charge < -0.3 is 9.64 Å². The first-order valence-electron chi connectivity index (χ1n) is 5.72. The largest absolute Gasteiger partial charge is 0.369 e. The van der Waals surface area contributed by atoms with Crippen LogP contribution in [0, 0.1) is 11.3 Å². The van der Waals surface area contributed by atoms with E-state index in [1.54, 1.807) is 37.6 Å². The van der Waals surface area contributed by atoms with Crippen LogP contribution in [0.2, 0.25) is 0 Å². The van der Waals surface area contributed by atoms with Crippen LogP contribution in [-0.4, -0.2) is 47.6 Å². The first-order valence-corrected chi connectivity index (χ1v) is 6.94. The predicted octanol–water partition coefficient (Wildman–Crippen LogP) is 1.66. The number of thioether (sulfide) groups is 1. The van der Waals surface area contributed by atoms with Crippen LogP contribution in [0.15, 0.2) is 0 Å². The highest BCUT2D eigenvalue weighted by atomic mass is 32.2. The average Bonchev–Trinajstić information content (AvgIpc) is 2.38. The van der Waals surface area contributed by atoms with Crippen molar-refractivity contribution in [2.45, 2.75) is 37.0 Å². The molecule has 5 heteroatoms. The first kappa shape index (κ1) is 14.3. The van der Waals surface area contributed by atoms with E-state index in [0.717, 1.165) is 12.8 Å². The Balaban J connectivity index is 2.65. The number of hydrogen-bond acceptors (Lipinski definition) is 4. The van der Waals surface area contributed by atoms with Gasteiger partial charge in [0.15, 0.2) is 0 Å². The van der Waals surface area contributed by atoms with Gasteiger partial charge in [-0.15, -0.1) is 11.8 Å². The van der Waals surface area contributed by atoms with Crippen LogP contribution in [-0.2, 0) is 9.53 Å². The number of hydrogen-bond donors (Lipinski definition) is 0. The van der Waals surface area contributed by atoms with E-state index in [4.69, 9.17) is 4.74 Å². The molecule has 0 spiro atoms. The zero-order chi connectivity index (χ0) is 13.1. The van der Waals surface area contributed by atoms with Crippen molar-refractivity contribution in [2.24, 2.45) is 0 Å². The second-order valence-electron chi connectivity index (χ2n) is 4.82. The second-order valence-corrected chi connectivity index (χ2v) is 6.01. The Hall–Kier alpha value is -0.730. The Morgan fingerprint density at radius 1 is 1.47 bits per heavy atom. The fraction of sp³-hybridized carbons (Fsp3) is 0.833. The monoisotopic (exact) mass is 256 g/mol. The average molecular weight is 256 g/mol. The van der Waals surface area contributed by atoms with Crippen LogP contribution in [0.25, 0.3) is 0 Å². The van der Waals surface area contributed by atoms with Crippen molar-refractivity contribution in [1.29, 1.82) is 5.26 Å². The number of methoxy groups -OCH3 is 1. The maximum atomic E-state index is 12.1. The molecular formula is C12H20N2O2S. The lowest BCUT2D eigenvalue weighted by molar-refractivity contribution is -0.152. The molecule has 0 aromatic heterocycles. The van der Waals surface area contributed by atoms with Gasteiger partial charge in [-0.2, -0.15) is 5.26 Å². The molecule has 0 radical (unpaired) electrons. The minimum Gasteiger partial charge on any atom is -0.369 e. The van der Waals surface area contributed by atoms with E-state index < -0.39 is 5.60 Å². The standard InChI is InChI=1S/C12H20N2O2S/c1-11(2,16-3)10(15)14-7-5-12(9-13,17-4)6-8-14/h5-8H2,1-4H3. The van der Waals surface area contributed by atoms with Gasteiger partial charge in [0.2, 0.25) is 0 Å². The smallest absolute Gasteiger partial charge is 0.254 e.